The first-order valence-corrected chi connectivity index (χ1v) is 10.8. The Morgan fingerprint density at radius 1 is 1.00 bits per heavy atom. The van der Waals surface area contributed by atoms with Crippen LogP contribution in [-0.2, 0) is 13.1 Å². The Kier molecular flexibility index (Phi) is 4.36. The molecule has 2 aromatic heterocycles. The van der Waals surface area contributed by atoms with Gasteiger partial charge in [-0.2, -0.15) is 0 Å². The average molecular weight is 401 g/mol. The molecule has 0 radical (unpaired) electrons. The van der Waals surface area contributed by atoms with Crippen molar-refractivity contribution in [3.05, 3.63) is 82.7 Å². The Morgan fingerprint density at radius 2 is 1.83 bits per heavy atom. The molecule has 0 amide bonds. The molecule has 29 heavy (non-hydrogen) atoms. The number of carbonyl (C=O) groups excluding carboxylic acids is 1. The molecular weight excluding hydrogens is 382 g/mol. The number of thioether (sulfide) groups is 1. The third kappa shape index (κ3) is 2.83. The second-order valence-corrected chi connectivity index (χ2v) is 8.00. The summed E-state index contributed by atoms with van der Waals surface area (Å²) in [5, 5.41) is 1.36. The molecule has 2 aromatic carbocycles. The van der Waals surface area contributed by atoms with Crippen LogP contribution in [-0.4, -0.2) is 26.2 Å². The minimum Gasteiger partial charge on any atom is -0.337 e. The Bertz CT molecular complexity index is 1310. The number of carbonyl (C=O) groups is 1. The average Bonchev–Trinajstić information content (AvgIpc) is 3.37. The summed E-state index contributed by atoms with van der Waals surface area (Å²) in [4.78, 5) is 31.8. The van der Waals surface area contributed by atoms with Crippen molar-refractivity contribution in [3.63, 3.8) is 0 Å². The first-order chi connectivity index (χ1) is 14.2. The number of benzene rings is 2. The second kappa shape index (κ2) is 7.04. The maximum atomic E-state index is 13.5. The van der Waals surface area contributed by atoms with Crippen molar-refractivity contribution in [2.75, 3.05) is 6.26 Å². The predicted octanol–water partition coefficient (Wildman–Crippen LogP) is 4.22. The van der Waals surface area contributed by atoms with Crippen molar-refractivity contribution in [2.45, 2.75) is 24.4 Å². The number of hydrogen-bond acceptors (Lipinski definition) is 4. The molecule has 1 aliphatic carbocycles. The zero-order valence-corrected chi connectivity index (χ0v) is 16.8. The summed E-state index contributed by atoms with van der Waals surface area (Å²) in [5.41, 5.74) is 2.89. The summed E-state index contributed by atoms with van der Waals surface area (Å²) in [5.74, 6) is 0.000797. The monoisotopic (exact) mass is 401 g/mol. The van der Waals surface area contributed by atoms with Gasteiger partial charge in [-0.25, -0.2) is 4.98 Å². The molecule has 0 fully saturated rings. The van der Waals surface area contributed by atoms with E-state index in [0.29, 0.717) is 23.1 Å². The highest BCUT2D eigenvalue weighted by Crippen LogP contribution is 2.39. The summed E-state index contributed by atoms with van der Waals surface area (Å²) < 4.78 is 3.79. The molecule has 0 atom stereocenters. The first kappa shape index (κ1) is 17.9. The molecule has 0 spiro atoms. The van der Waals surface area contributed by atoms with Crippen molar-refractivity contribution in [2.24, 2.45) is 0 Å². The zero-order valence-electron chi connectivity index (χ0n) is 16.0. The molecular formula is C23H19N3O2S. The lowest BCUT2D eigenvalue weighted by Crippen LogP contribution is -2.24. The standard InChI is InChI=1S/C23H19N3O2S/c1-29-15-7-8-16-19(13-15)23(28)26(11-4-10-25-12-9-24-14-25)21-17-5-2-3-6-18(17)22(27)20(16)21/h2-3,5-9,12-14H,4,10-11H2,1H3. The minimum atomic E-state index is -0.0372. The number of rotatable bonds is 5. The van der Waals surface area contributed by atoms with E-state index in [9.17, 15) is 9.59 Å². The molecule has 0 N–H and O–H groups in total. The van der Waals surface area contributed by atoms with E-state index in [1.807, 2.05) is 59.5 Å². The maximum absolute atomic E-state index is 13.5. The maximum Gasteiger partial charge on any atom is 0.258 e. The van der Waals surface area contributed by atoms with Crippen molar-refractivity contribution < 1.29 is 4.79 Å². The van der Waals surface area contributed by atoms with E-state index in [4.69, 9.17) is 0 Å². The fourth-order valence-electron chi connectivity index (χ4n) is 4.13. The van der Waals surface area contributed by atoms with E-state index in [2.05, 4.69) is 4.98 Å². The van der Waals surface area contributed by atoms with Gasteiger partial charge in [-0.1, -0.05) is 30.3 Å². The highest BCUT2D eigenvalue weighted by molar-refractivity contribution is 7.98. The molecule has 2 heterocycles. The van der Waals surface area contributed by atoms with E-state index in [-0.39, 0.29) is 11.3 Å². The van der Waals surface area contributed by atoms with E-state index in [1.54, 1.807) is 28.9 Å². The molecule has 0 aliphatic heterocycles. The Labute approximate surface area is 172 Å². The van der Waals surface area contributed by atoms with Gasteiger partial charge in [-0.3, -0.25) is 9.59 Å². The third-order valence-corrected chi connectivity index (χ3v) is 6.21. The molecule has 144 valence electrons. The van der Waals surface area contributed by atoms with Gasteiger partial charge in [0, 0.05) is 52.3 Å². The number of imidazole rings is 1. The lowest BCUT2D eigenvalue weighted by Gasteiger charge is -2.15. The summed E-state index contributed by atoms with van der Waals surface area (Å²) in [7, 11) is 0. The van der Waals surface area contributed by atoms with Gasteiger partial charge in [0.05, 0.1) is 17.6 Å². The van der Waals surface area contributed by atoms with Crippen LogP contribution in [0.4, 0.5) is 0 Å². The van der Waals surface area contributed by atoms with Gasteiger partial charge in [0.15, 0.2) is 5.78 Å². The van der Waals surface area contributed by atoms with Gasteiger partial charge in [0.1, 0.15) is 0 Å². The summed E-state index contributed by atoms with van der Waals surface area (Å²) in [6.07, 6.45) is 8.19. The van der Waals surface area contributed by atoms with Crippen LogP contribution < -0.4 is 5.56 Å². The van der Waals surface area contributed by atoms with Gasteiger partial charge >= 0.3 is 0 Å². The molecule has 5 nitrogen and oxygen atoms in total. The zero-order chi connectivity index (χ0) is 20.0. The number of pyridine rings is 1. The second-order valence-electron chi connectivity index (χ2n) is 7.12. The SMILES string of the molecule is CSc1ccc2c3c(n(CCCn4ccnc4)c(=O)c2c1)-c1ccccc1C3=O. The van der Waals surface area contributed by atoms with Gasteiger partial charge in [-0.05, 0) is 24.8 Å². The highest BCUT2D eigenvalue weighted by Gasteiger charge is 2.32. The van der Waals surface area contributed by atoms with Gasteiger partial charge in [-0.15, -0.1) is 11.8 Å². The molecule has 5 rings (SSSR count). The number of aromatic nitrogens is 3. The molecule has 4 aromatic rings. The van der Waals surface area contributed by atoms with Crippen LogP contribution in [0.2, 0.25) is 0 Å². The lowest BCUT2D eigenvalue weighted by molar-refractivity contribution is 0.104. The highest BCUT2D eigenvalue weighted by atomic mass is 32.2. The van der Waals surface area contributed by atoms with Crippen LogP contribution in [0, 0.1) is 0 Å². The van der Waals surface area contributed by atoms with Crippen LogP contribution in [0.5, 0.6) is 0 Å². The third-order valence-electron chi connectivity index (χ3n) is 5.49. The van der Waals surface area contributed by atoms with Crippen LogP contribution in [0.25, 0.3) is 22.0 Å². The topological polar surface area (TPSA) is 56.9 Å². The summed E-state index contributed by atoms with van der Waals surface area (Å²) >= 11 is 1.59. The fourth-order valence-corrected chi connectivity index (χ4v) is 4.57. The molecule has 0 bridgehead atoms. The lowest BCUT2D eigenvalue weighted by atomic mass is 10.0. The Morgan fingerprint density at radius 3 is 2.59 bits per heavy atom. The minimum absolute atomic E-state index is 0.000797. The molecule has 0 saturated heterocycles. The van der Waals surface area contributed by atoms with E-state index in [0.717, 1.165) is 34.5 Å². The number of ketones is 1. The van der Waals surface area contributed by atoms with Gasteiger partial charge in [0.2, 0.25) is 0 Å². The summed E-state index contributed by atoms with van der Waals surface area (Å²) in [6.45, 7) is 1.31. The first-order valence-electron chi connectivity index (χ1n) is 9.53. The Hall–Kier alpha value is -3.12. The quantitative estimate of drug-likeness (QED) is 0.414. The van der Waals surface area contributed by atoms with E-state index < -0.39 is 0 Å². The smallest absolute Gasteiger partial charge is 0.258 e. The number of nitrogens with zero attached hydrogens (tertiary/aromatic N) is 3. The van der Waals surface area contributed by atoms with Crippen LogP contribution in [0.3, 0.4) is 0 Å². The number of fused-ring (bicyclic) bond motifs is 5. The molecule has 6 heteroatoms. The van der Waals surface area contributed by atoms with Crippen molar-refractivity contribution in [1.82, 2.24) is 14.1 Å². The van der Waals surface area contributed by atoms with Crippen LogP contribution >= 0.6 is 11.8 Å². The van der Waals surface area contributed by atoms with Crippen LogP contribution in [0.15, 0.2) is 70.9 Å². The van der Waals surface area contributed by atoms with E-state index in [1.165, 1.54) is 0 Å². The molecule has 1 aliphatic rings. The number of aryl methyl sites for hydroxylation is 1. The largest absolute Gasteiger partial charge is 0.337 e. The van der Waals surface area contributed by atoms with Crippen molar-refractivity contribution in [1.29, 1.82) is 0 Å². The normalized spacial score (nSPS) is 12.4. The predicted molar refractivity (Wildman–Crippen MR) is 116 cm³/mol. The number of hydrogen-bond donors (Lipinski definition) is 0. The van der Waals surface area contributed by atoms with Crippen LogP contribution in [0.1, 0.15) is 22.3 Å². The van der Waals surface area contributed by atoms with E-state index >= 15 is 0 Å². The summed E-state index contributed by atoms with van der Waals surface area (Å²) in [6, 6.07) is 13.4. The van der Waals surface area contributed by atoms with Crippen molar-refractivity contribution in [3.8, 4) is 11.3 Å². The van der Waals surface area contributed by atoms with Gasteiger partial charge in [0.25, 0.3) is 5.56 Å². The van der Waals surface area contributed by atoms with Crippen molar-refractivity contribution >= 4 is 28.3 Å². The Balaban J connectivity index is 1.72. The van der Waals surface area contributed by atoms with Gasteiger partial charge < -0.3 is 9.13 Å². The molecule has 0 unspecified atom stereocenters. The fraction of sp³-hybridized carbons (Fsp3) is 0.174. The molecule has 0 saturated carbocycles.